The zero-order valence-electron chi connectivity index (χ0n) is 22.3. The number of aromatic nitrogens is 1. The molecule has 2 aromatic carbocycles. The number of hydrogen-bond acceptors (Lipinski definition) is 7. The average molecular weight is 587 g/mol. The summed E-state index contributed by atoms with van der Waals surface area (Å²) in [6.07, 6.45) is 2.38. The number of ether oxygens (including phenoxy) is 1. The van der Waals surface area contributed by atoms with Gasteiger partial charge in [0, 0.05) is 48.2 Å². The first-order valence-corrected chi connectivity index (χ1v) is 14.5. The molecule has 1 aliphatic rings. The topological polar surface area (TPSA) is 129 Å². The van der Waals surface area contributed by atoms with Crippen molar-refractivity contribution in [3.05, 3.63) is 83.1 Å². The summed E-state index contributed by atoms with van der Waals surface area (Å²) < 4.78 is 34.0. The summed E-state index contributed by atoms with van der Waals surface area (Å²) >= 11 is 5.93. The predicted octanol–water partition coefficient (Wildman–Crippen LogP) is 3.53. The number of carbonyl (C=O) groups excluding carboxylic acids is 2. The number of aliphatic hydroxyl groups excluding tert-OH is 1. The fraction of sp³-hybridized carbons (Fsp3) is 0.321. The van der Waals surface area contributed by atoms with Gasteiger partial charge in [-0.25, -0.2) is 8.42 Å². The number of nitrogens with zero attached hydrogens (tertiary/aromatic N) is 3. The Kier molecular flexibility index (Phi) is 9.09. The summed E-state index contributed by atoms with van der Waals surface area (Å²) in [7, 11) is -2.38. The Hall–Kier alpha value is -3.51. The lowest BCUT2D eigenvalue weighted by atomic mass is 9.99. The van der Waals surface area contributed by atoms with Crippen molar-refractivity contribution in [2.45, 2.75) is 30.9 Å². The SMILES string of the molecule is C[C@H]1CN([C@@H](C)CO)C(=O)c2cc(NC(=O)c3ccncc3)ccc2O[C@@H]1CN(C)S(=O)(=O)c1ccc(Cl)cc1. The van der Waals surface area contributed by atoms with Crippen LogP contribution in [0, 0.1) is 5.92 Å². The zero-order chi connectivity index (χ0) is 29.0. The number of halogens is 1. The zero-order valence-corrected chi connectivity index (χ0v) is 23.9. The largest absolute Gasteiger partial charge is 0.488 e. The van der Waals surface area contributed by atoms with E-state index < -0.39 is 22.2 Å². The number of aliphatic hydroxyl groups is 1. The van der Waals surface area contributed by atoms with Gasteiger partial charge in [-0.1, -0.05) is 18.5 Å². The molecule has 40 heavy (non-hydrogen) atoms. The van der Waals surface area contributed by atoms with Crippen molar-refractivity contribution in [1.29, 1.82) is 0 Å². The van der Waals surface area contributed by atoms with E-state index in [1.807, 2.05) is 6.92 Å². The number of benzene rings is 2. The Bertz CT molecular complexity index is 1470. The van der Waals surface area contributed by atoms with E-state index in [4.69, 9.17) is 16.3 Å². The van der Waals surface area contributed by atoms with E-state index in [1.165, 1.54) is 54.1 Å². The minimum Gasteiger partial charge on any atom is -0.488 e. The van der Waals surface area contributed by atoms with Crippen LogP contribution in [0.5, 0.6) is 5.75 Å². The molecule has 0 aliphatic carbocycles. The summed E-state index contributed by atoms with van der Waals surface area (Å²) in [5, 5.41) is 13.1. The van der Waals surface area contributed by atoms with Crippen LogP contribution in [0.25, 0.3) is 0 Å². The van der Waals surface area contributed by atoms with Crippen LogP contribution >= 0.6 is 11.6 Å². The van der Waals surface area contributed by atoms with E-state index in [-0.39, 0.29) is 53.6 Å². The van der Waals surface area contributed by atoms with Gasteiger partial charge >= 0.3 is 0 Å². The number of pyridine rings is 1. The van der Waals surface area contributed by atoms with Crippen molar-refractivity contribution in [2.24, 2.45) is 5.92 Å². The lowest BCUT2D eigenvalue weighted by Gasteiger charge is -2.38. The maximum Gasteiger partial charge on any atom is 0.258 e. The molecule has 0 fully saturated rings. The van der Waals surface area contributed by atoms with Gasteiger partial charge in [-0.05, 0) is 61.5 Å². The maximum atomic E-state index is 13.6. The molecule has 3 atom stereocenters. The summed E-state index contributed by atoms with van der Waals surface area (Å²) in [4.78, 5) is 31.9. The van der Waals surface area contributed by atoms with Gasteiger partial charge in [0.1, 0.15) is 11.9 Å². The molecule has 2 N–H and O–H groups in total. The number of amides is 2. The first kappa shape index (κ1) is 29.5. The highest BCUT2D eigenvalue weighted by molar-refractivity contribution is 7.89. The lowest BCUT2D eigenvalue weighted by Crippen LogP contribution is -2.50. The molecule has 0 spiro atoms. The van der Waals surface area contributed by atoms with Crippen LogP contribution in [-0.4, -0.2) is 78.4 Å². The van der Waals surface area contributed by atoms with E-state index in [9.17, 15) is 23.1 Å². The van der Waals surface area contributed by atoms with Crippen LogP contribution in [-0.2, 0) is 10.0 Å². The fourth-order valence-corrected chi connectivity index (χ4v) is 5.67. The second kappa shape index (κ2) is 12.3. The molecular formula is C28H31ClN4O6S. The maximum absolute atomic E-state index is 13.6. The van der Waals surface area contributed by atoms with Gasteiger partial charge in [-0.2, -0.15) is 4.31 Å². The molecule has 3 aromatic rings. The van der Waals surface area contributed by atoms with Crippen LogP contribution in [0.3, 0.4) is 0 Å². The minimum atomic E-state index is -3.85. The molecular weight excluding hydrogens is 556 g/mol. The summed E-state index contributed by atoms with van der Waals surface area (Å²) in [5.74, 6) is -0.789. The van der Waals surface area contributed by atoms with E-state index in [0.717, 1.165) is 0 Å². The third kappa shape index (κ3) is 6.44. The van der Waals surface area contributed by atoms with Gasteiger partial charge in [-0.15, -0.1) is 0 Å². The molecule has 0 bridgehead atoms. The predicted molar refractivity (Wildman–Crippen MR) is 151 cm³/mol. The Labute approximate surface area is 238 Å². The molecule has 0 unspecified atom stereocenters. The summed E-state index contributed by atoms with van der Waals surface area (Å²) in [6.45, 7) is 3.55. The molecule has 0 saturated heterocycles. The monoisotopic (exact) mass is 586 g/mol. The smallest absolute Gasteiger partial charge is 0.258 e. The number of fused-ring (bicyclic) bond motifs is 1. The number of hydrogen-bond donors (Lipinski definition) is 2. The van der Waals surface area contributed by atoms with E-state index in [0.29, 0.717) is 16.3 Å². The number of likely N-dealkylation sites (N-methyl/N-ethyl adjacent to an activating group) is 1. The van der Waals surface area contributed by atoms with Crippen molar-refractivity contribution >= 4 is 39.1 Å². The Morgan fingerprint density at radius 3 is 2.52 bits per heavy atom. The van der Waals surface area contributed by atoms with Crippen molar-refractivity contribution in [2.75, 3.05) is 32.1 Å². The Morgan fingerprint density at radius 1 is 1.20 bits per heavy atom. The van der Waals surface area contributed by atoms with Gasteiger partial charge in [0.25, 0.3) is 11.8 Å². The van der Waals surface area contributed by atoms with Gasteiger partial charge in [0.05, 0.1) is 29.7 Å². The van der Waals surface area contributed by atoms with Crippen molar-refractivity contribution < 1.29 is 27.9 Å². The Morgan fingerprint density at radius 2 is 1.88 bits per heavy atom. The van der Waals surface area contributed by atoms with Crippen molar-refractivity contribution in [3.8, 4) is 5.75 Å². The quantitative estimate of drug-likeness (QED) is 0.413. The molecule has 2 heterocycles. The third-order valence-corrected chi connectivity index (χ3v) is 8.91. The highest BCUT2D eigenvalue weighted by Crippen LogP contribution is 2.31. The molecule has 0 saturated carbocycles. The second-order valence-electron chi connectivity index (χ2n) is 9.76. The van der Waals surface area contributed by atoms with Gasteiger partial charge in [0.2, 0.25) is 10.0 Å². The summed E-state index contributed by atoms with van der Waals surface area (Å²) in [6, 6.07) is 13.3. The molecule has 1 aromatic heterocycles. The molecule has 1 aliphatic heterocycles. The van der Waals surface area contributed by atoms with Gasteiger partial charge < -0.3 is 20.1 Å². The van der Waals surface area contributed by atoms with Crippen LogP contribution in [0.15, 0.2) is 71.9 Å². The first-order valence-electron chi connectivity index (χ1n) is 12.7. The molecule has 12 heteroatoms. The van der Waals surface area contributed by atoms with E-state index in [2.05, 4.69) is 10.3 Å². The van der Waals surface area contributed by atoms with Crippen LogP contribution in [0.2, 0.25) is 5.02 Å². The third-order valence-electron chi connectivity index (χ3n) is 6.82. The van der Waals surface area contributed by atoms with E-state index in [1.54, 1.807) is 36.1 Å². The molecule has 0 radical (unpaired) electrons. The fourth-order valence-electron chi connectivity index (χ4n) is 4.36. The minimum absolute atomic E-state index is 0.00162. The molecule has 2 amide bonds. The highest BCUT2D eigenvalue weighted by Gasteiger charge is 2.35. The van der Waals surface area contributed by atoms with Crippen molar-refractivity contribution in [3.63, 3.8) is 0 Å². The van der Waals surface area contributed by atoms with Gasteiger partial charge in [-0.3, -0.25) is 14.6 Å². The highest BCUT2D eigenvalue weighted by atomic mass is 35.5. The first-order chi connectivity index (χ1) is 19.0. The Balaban J connectivity index is 1.65. The average Bonchev–Trinajstić information content (AvgIpc) is 2.95. The number of anilines is 1. The van der Waals surface area contributed by atoms with Crippen LogP contribution < -0.4 is 10.1 Å². The standard InChI is InChI=1S/C28H31ClN4O6S/c1-18-15-33(19(2)17-34)28(36)24-14-22(31-27(35)20-10-12-30-13-11-20)6-9-25(24)39-26(18)16-32(3)40(37,38)23-7-4-21(29)5-8-23/h4-14,18-19,26,34H,15-17H2,1-3H3,(H,31,35)/t18-,19-,26+/m0/s1. The number of nitrogens with one attached hydrogen (secondary N) is 1. The van der Waals surface area contributed by atoms with E-state index >= 15 is 0 Å². The number of sulfonamides is 1. The summed E-state index contributed by atoms with van der Waals surface area (Å²) in [5.41, 5.74) is 0.966. The van der Waals surface area contributed by atoms with Crippen molar-refractivity contribution in [1.82, 2.24) is 14.2 Å². The molecule has 4 rings (SSSR count). The number of carbonyl (C=O) groups is 2. The van der Waals surface area contributed by atoms with Crippen LogP contribution in [0.4, 0.5) is 5.69 Å². The second-order valence-corrected chi connectivity index (χ2v) is 12.2. The van der Waals surface area contributed by atoms with Gasteiger partial charge in [0.15, 0.2) is 0 Å². The normalized spacial score (nSPS) is 18.4. The number of rotatable bonds is 8. The van der Waals surface area contributed by atoms with Crippen LogP contribution in [0.1, 0.15) is 34.6 Å². The molecule has 10 nitrogen and oxygen atoms in total. The molecule has 212 valence electrons. The lowest BCUT2D eigenvalue weighted by molar-refractivity contribution is 0.0387.